The summed E-state index contributed by atoms with van der Waals surface area (Å²) in [5.41, 5.74) is 12.6. The van der Waals surface area contributed by atoms with Gasteiger partial charge in [-0.25, -0.2) is 8.78 Å². The van der Waals surface area contributed by atoms with E-state index in [4.69, 9.17) is 5.73 Å². The van der Waals surface area contributed by atoms with Crippen LogP contribution in [0.25, 0.3) is 4.91 Å². The van der Waals surface area contributed by atoms with Crippen molar-refractivity contribution in [3.8, 4) is 0 Å². The Hall–Kier alpha value is -2.07. The van der Waals surface area contributed by atoms with Gasteiger partial charge in [0, 0.05) is 23.1 Å². The summed E-state index contributed by atoms with van der Waals surface area (Å²) in [4.78, 5) is 0.838. The van der Waals surface area contributed by atoms with Gasteiger partial charge in [-0.2, -0.15) is 0 Å². The Bertz CT molecular complexity index is 846. The van der Waals surface area contributed by atoms with Crippen molar-refractivity contribution in [2.24, 2.45) is 0 Å². The second-order valence-electron chi connectivity index (χ2n) is 6.98. The van der Waals surface area contributed by atoms with E-state index in [1.807, 2.05) is 6.92 Å². The van der Waals surface area contributed by atoms with E-state index in [0.29, 0.717) is 0 Å². The average Bonchev–Trinajstić information content (AvgIpc) is 2.62. The number of halogens is 2. The lowest BCUT2D eigenvalue weighted by atomic mass is 9.96. The fraction of sp³-hybridized carbons (Fsp3) is 0.304. The van der Waals surface area contributed by atoms with Gasteiger partial charge in [0.05, 0.1) is 0 Å². The first-order valence-electron chi connectivity index (χ1n) is 8.99. The second kappa shape index (κ2) is 8.75. The number of allylic oxidation sites excluding steroid dienone is 1. The Labute approximate surface area is 165 Å². The van der Waals surface area contributed by atoms with Crippen LogP contribution >= 0.6 is 11.8 Å². The summed E-state index contributed by atoms with van der Waals surface area (Å²) in [5.74, 6) is -2.82. The SMILES string of the molecule is C=C(S/C=C(\C)Cc1cc(C)c(N)cc1CC)c1ccc(C(C)(F)F)cc1. The summed E-state index contributed by atoms with van der Waals surface area (Å²) >= 11 is 1.52. The van der Waals surface area contributed by atoms with Crippen molar-refractivity contribution in [1.82, 2.24) is 0 Å². The lowest BCUT2D eigenvalue weighted by Gasteiger charge is -2.13. The zero-order valence-electron chi connectivity index (χ0n) is 16.4. The summed E-state index contributed by atoms with van der Waals surface area (Å²) in [7, 11) is 0. The molecular weight excluding hydrogens is 360 g/mol. The molecule has 0 spiro atoms. The number of nitrogen functional groups attached to an aromatic ring is 1. The van der Waals surface area contributed by atoms with Gasteiger partial charge in [-0.05, 0) is 60.4 Å². The van der Waals surface area contributed by atoms with Crippen LogP contribution < -0.4 is 5.73 Å². The van der Waals surface area contributed by atoms with E-state index in [9.17, 15) is 8.78 Å². The average molecular weight is 388 g/mol. The van der Waals surface area contributed by atoms with E-state index < -0.39 is 5.92 Å². The van der Waals surface area contributed by atoms with Crippen LogP contribution in [-0.2, 0) is 18.8 Å². The summed E-state index contributed by atoms with van der Waals surface area (Å²) in [6.45, 7) is 11.2. The van der Waals surface area contributed by atoms with Gasteiger partial charge in [-0.3, -0.25) is 0 Å². The second-order valence-corrected chi connectivity index (χ2v) is 7.94. The first-order chi connectivity index (χ1) is 12.6. The Balaban J connectivity index is 2.07. The van der Waals surface area contributed by atoms with Crippen LogP contribution in [0.2, 0.25) is 0 Å². The molecule has 27 heavy (non-hydrogen) atoms. The van der Waals surface area contributed by atoms with Crippen molar-refractivity contribution in [1.29, 1.82) is 0 Å². The summed E-state index contributed by atoms with van der Waals surface area (Å²) in [5, 5.41) is 2.08. The van der Waals surface area contributed by atoms with Crippen molar-refractivity contribution in [2.75, 3.05) is 5.73 Å². The third-order valence-corrected chi connectivity index (χ3v) is 5.60. The van der Waals surface area contributed by atoms with Gasteiger partial charge in [-0.15, -0.1) is 0 Å². The Morgan fingerprint density at radius 3 is 2.37 bits per heavy atom. The van der Waals surface area contributed by atoms with E-state index >= 15 is 0 Å². The van der Waals surface area contributed by atoms with Crippen LogP contribution in [0.3, 0.4) is 0 Å². The van der Waals surface area contributed by atoms with Crippen LogP contribution in [0.15, 0.2) is 54.0 Å². The normalized spacial score (nSPS) is 12.3. The minimum atomic E-state index is -2.82. The highest BCUT2D eigenvalue weighted by atomic mass is 32.2. The van der Waals surface area contributed by atoms with Crippen LogP contribution in [0, 0.1) is 6.92 Å². The number of aryl methyl sites for hydroxylation is 2. The molecule has 2 aromatic carbocycles. The predicted molar refractivity (Wildman–Crippen MR) is 115 cm³/mol. The molecule has 0 aromatic heterocycles. The molecule has 0 aliphatic rings. The molecule has 0 saturated heterocycles. The molecular formula is C23H27F2NS. The van der Waals surface area contributed by atoms with E-state index in [1.165, 1.54) is 40.6 Å². The van der Waals surface area contributed by atoms with Gasteiger partial charge in [0.1, 0.15) is 0 Å². The van der Waals surface area contributed by atoms with Crippen LogP contribution in [0.5, 0.6) is 0 Å². The first kappa shape index (κ1) is 21.2. The molecule has 0 heterocycles. The van der Waals surface area contributed by atoms with Gasteiger partial charge in [0.25, 0.3) is 5.92 Å². The van der Waals surface area contributed by atoms with Crippen LogP contribution in [-0.4, -0.2) is 0 Å². The highest BCUT2D eigenvalue weighted by Gasteiger charge is 2.23. The van der Waals surface area contributed by atoms with Crippen molar-refractivity contribution in [3.63, 3.8) is 0 Å². The predicted octanol–water partition coefficient (Wildman–Crippen LogP) is 7.10. The maximum atomic E-state index is 13.3. The summed E-state index contributed by atoms with van der Waals surface area (Å²) in [6, 6.07) is 10.5. The molecule has 0 radical (unpaired) electrons. The number of benzene rings is 2. The molecule has 0 saturated carbocycles. The summed E-state index contributed by atoms with van der Waals surface area (Å²) < 4.78 is 26.6. The molecule has 1 nitrogen and oxygen atoms in total. The molecule has 2 rings (SSSR count). The zero-order chi connectivity index (χ0) is 20.2. The third kappa shape index (κ3) is 5.70. The molecule has 2 N–H and O–H groups in total. The molecule has 144 valence electrons. The van der Waals surface area contributed by atoms with Crippen LogP contribution in [0.4, 0.5) is 14.5 Å². The summed E-state index contributed by atoms with van der Waals surface area (Å²) in [6.07, 6.45) is 1.80. The van der Waals surface area contributed by atoms with Gasteiger partial charge in [-0.1, -0.05) is 61.2 Å². The topological polar surface area (TPSA) is 26.0 Å². The zero-order valence-corrected chi connectivity index (χ0v) is 17.2. The Morgan fingerprint density at radius 1 is 1.19 bits per heavy atom. The number of alkyl halides is 2. The number of hydrogen-bond acceptors (Lipinski definition) is 2. The number of rotatable bonds is 7. The lowest BCUT2D eigenvalue weighted by molar-refractivity contribution is 0.0175. The smallest absolute Gasteiger partial charge is 0.270 e. The number of nitrogens with two attached hydrogens (primary N) is 1. The minimum Gasteiger partial charge on any atom is -0.399 e. The molecule has 0 fully saturated rings. The fourth-order valence-electron chi connectivity index (χ4n) is 2.86. The van der Waals surface area contributed by atoms with Crippen molar-refractivity contribution in [2.45, 2.75) is 46.5 Å². The van der Waals surface area contributed by atoms with Crippen molar-refractivity contribution >= 4 is 22.4 Å². The lowest BCUT2D eigenvalue weighted by Crippen LogP contribution is -2.06. The van der Waals surface area contributed by atoms with E-state index in [0.717, 1.165) is 41.5 Å². The quantitative estimate of drug-likeness (QED) is 0.513. The molecule has 2 aromatic rings. The van der Waals surface area contributed by atoms with Crippen LogP contribution in [0.1, 0.15) is 48.6 Å². The number of thioether (sulfide) groups is 1. The third-order valence-electron chi connectivity index (χ3n) is 4.55. The molecule has 0 amide bonds. The monoisotopic (exact) mass is 387 g/mol. The number of anilines is 1. The van der Waals surface area contributed by atoms with Gasteiger partial charge in [0.2, 0.25) is 0 Å². The molecule has 0 aliphatic carbocycles. The van der Waals surface area contributed by atoms with Crippen molar-refractivity contribution in [3.05, 3.63) is 81.8 Å². The van der Waals surface area contributed by atoms with E-state index in [1.54, 1.807) is 12.1 Å². The molecule has 0 bridgehead atoms. The Kier molecular flexibility index (Phi) is 6.88. The molecule has 0 aliphatic heterocycles. The van der Waals surface area contributed by atoms with E-state index in [2.05, 4.69) is 38.0 Å². The van der Waals surface area contributed by atoms with E-state index in [-0.39, 0.29) is 5.56 Å². The van der Waals surface area contributed by atoms with Gasteiger partial charge >= 0.3 is 0 Å². The Morgan fingerprint density at radius 2 is 1.81 bits per heavy atom. The minimum absolute atomic E-state index is 0.0154. The maximum absolute atomic E-state index is 13.3. The first-order valence-corrected chi connectivity index (χ1v) is 9.87. The highest BCUT2D eigenvalue weighted by molar-refractivity contribution is 8.10. The largest absolute Gasteiger partial charge is 0.399 e. The van der Waals surface area contributed by atoms with Gasteiger partial charge < -0.3 is 5.73 Å². The fourth-order valence-corrected chi connectivity index (χ4v) is 3.55. The van der Waals surface area contributed by atoms with Gasteiger partial charge in [0.15, 0.2) is 0 Å². The standard InChI is InChI=1S/C23H27F2NS/c1-6-18-13-22(26)16(3)12-20(18)11-15(2)14-27-17(4)19-7-9-21(10-8-19)23(5,24)25/h7-10,12-14H,4,6,11,26H2,1-3,5H3/b15-14+. The molecule has 4 heteroatoms. The molecule has 0 unspecified atom stereocenters. The molecule has 0 atom stereocenters. The maximum Gasteiger partial charge on any atom is 0.270 e. The number of hydrogen-bond donors (Lipinski definition) is 1. The highest BCUT2D eigenvalue weighted by Crippen LogP contribution is 2.32. The van der Waals surface area contributed by atoms with Crippen molar-refractivity contribution < 1.29 is 8.78 Å².